The van der Waals surface area contributed by atoms with Crippen molar-refractivity contribution in [2.24, 2.45) is 5.41 Å². The SMILES string of the molecule is CC/C(=C\C1=CC=C(C)C1(C)C)CO. The minimum Gasteiger partial charge on any atom is -0.392 e. The maximum Gasteiger partial charge on any atom is 0.0644 e. The molecule has 0 fully saturated rings. The molecule has 0 radical (unpaired) electrons. The molecule has 0 spiro atoms. The standard InChI is InChI=1S/C13H20O/c1-5-11(9-14)8-12-7-6-10(2)13(12,3)4/h6-8,14H,5,9H2,1-4H3/b11-8+. The van der Waals surface area contributed by atoms with E-state index in [-0.39, 0.29) is 12.0 Å². The Morgan fingerprint density at radius 2 is 2.07 bits per heavy atom. The molecule has 0 aromatic carbocycles. The lowest BCUT2D eigenvalue weighted by Gasteiger charge is -2.23. The van der Waals surface area contributed by atoms with E-state index >= 15 is 0 Å². The highest BCUT2D eigenvalue weighted by Gasteiger charge is 2.26. The number of hydrogen-bond donors (Lipinski definition) is 1. The Hall–Kier alpha value is -0.820. The predicted octanol–water partition coefficient (Wildman–Crippen LogP) is 3.23. The van der Waals surface area contributed by atoms with Gasteiger partial charge in [0.15, 0.2) is 0 Å². The zero-order valence-corrected chi connectivity index (χ0v) is 9.59. The summed E-state index contributed by atoms with van der Waals surface area (Å²) in [6, 6.07) is 0. The normalized spacial score (nSPS) is 20.8. The molecule has 0 atom stereocenters. The lowest BCUT2D eigenvalue weighted by Crippen LogP contribution is -2.12. The molecule has 0 heterocycles. The van der Waals surface area contributed by atoms with Crippen molar-refractivity contribution in [2.45, 2.75) is 34.1 Å². The van der Waals surface area contributed by atoms with Crippen LogP contribution in [0.4, 0.5) is 0 Å². The topological polar surface area (TPSA) is 20.2 Å². The molecule has 0 saturated heterocycles. The third-order valence-electron chi connectivity index (χ3n) is 3.24. The van der Waals surface area contributed by atoms with Crippen LogP contribution in [0, 0.1) is 5.41 Å². The van der Waals surface area contributed by atoms with Crippen LogP contribution in [0.2, 0.25) is 0 Å². The second-order valence-electron chi connectivity index (χ2n) is 4.41. The quantitative estimate of drug-likeness (QED) is 0.728. The molecule has 1 heteroatoms. The van der Waals surface area contributed by atoms with Crippen molar-refractivity contribution in [1.29, 1.82) is 0 Å². The first-order chi connectivity index (χ1) is 6.52. The van der Waals surface area contributed by atoms with Crippen LogP contribution in [0.1, 0.15) is 34.1 Å². The molecule has 1 nitrogen and oxygen atoms in total. The van der Waals surface area contributed by atoms with Gasteiger partial charge in [0.2, 0.25) is 0 Å². The maximum atomic E-state index is 9.11. The average Bonchev–Trinajstić information content (AvgIpc) is 2.40. The van der Waals surface area contributed by atoms with Gasteiger partial charge in [-0.15, -0.1) is 0 Å². The van der Waals surface area contributed by atoms with Gasteiger partial charge in [-0.3, -0.25) is 0 Å². The fourth-order valence-electron chi connectivity index (χ4n) is 1.57. The van der Waals surface area contributed by atoms with Gasteiger partial charge in [-0.2, -0.15) is 0 Å². The molecule has 0 saturated carbocycles. The maximum absolute atomic E-state index is 9.11. The molecule has 1 rings (SSSR count). The van der Waals surface area contributed by atoms with E-state index in [0.29, 0.717) is 0 Å². The van der Waals surface area contributed by atoms with Gasteiger partial charge in [-0.05, 0) is 24.5 Å². The Labute approximate surface area is 86.8 Å². The molecule has 78 valence electrons. The molecular weight excluding hydrogens is 172 g/mol. The van der Waals surface area contributed by atoms with Crippen molar-refractivity contribution in [3.63, 3.8) is 0 Å². The summed E-state index contributed by atoms with van der Waals surface area (Å²) < 4.78 is 0. The van der Waals surface area contributed by atoms with Crippen molar-refractivity contribution >= 4 is 0 Å². The number of aliphatic hydroxyl groups excluding tert-OH is 1. The Bertz CT molecular complexity index is 297. The highest BCUT2D eigenvalue weighted by molar-refractivity contribution is 5.45. The van der Waals surface area contributed by atoms with Crippen LogP contribution in [0.5, 0.6) is 0 Å². The Morgan fingerprint density at radius 3 is 2.43 bits per heavy atom. The number of hydrogen-bond acceptors (Lipinski definition) is 1. The zero-order chi connectivity index (χ0) is 10.8. The second-order valence-corrected chi connectivity index (χ2v) is 4.41. The van der Waals surface area contributed by atoms with E-state index in [1.54, 1.807) is 0 Å². The highest BCUT2D eigenvalue weighted by atomic mass is 16.3. The van der Waals surface area contributed by atoms with Crippen LogP contribution in [-0.2, 0) is 0 Å². The Morgan fingerprint density at radius 1 is 1.43 bits per heavy atom. The lowest BCUT2D eigenvalue weighted by molar-refractivity contribution is 0.327. The van der Waals surface area contributed by atoms with Gasteiger partial charge in [0, 0.05) is 5.41 Å². The lowest BCUT2D eigenvalue weighted by atomic mass is 9.81. The molecule has 0 bridgehead atoms. The molecule has 0 amide bonds. The van der Waals surface area contributed by atoms with Crippen LogP contribution in [0.15, 0.2) is 34.9 Å². The van der Waals surface area contributed by atoms with Crippen LogP contribution in [0.25, 0.3) is 0 Å². The molecule has 1 N–H and O–H groups in total. The number of allylic oxidation sites excluding steroid dienone is 5. The first-order valence-corrected chi connectivity index (χ1v) is 5.22. The Balaban J connectivity index is 2.89. The van der Waals surface area contributed by atoms with Crippen LogP contribution < -0.4 is 0 Å². The minimum atomic E-state index is 0.135. The zero-order valence-electron chi connectivity index (χ0n) is 9.59. The summed E-state index contributed by atoms with van der Waals surface area (Å²) in [6.07, 6.45) is 7.37. The van der Waals surface area contributed by atoms with Crippen molar-refractivity contribution in [2.75, 3.05) is 6.61 Å². The van der Waals surface area contributed by atoms with Crippen LogP contribution in [0.3, 0.4) is 0 Å². The van der Waals surface area contributed by atoms with Gasteiger partial charge >= 0.3 is 0 Å². The van der Waals surface area contributed by atoms with E-state index in [1.807, 2.05) is 0 Å². The summed E-state index contributed by atoms with van der Waals surface area (Å²) in [6.45, 7) is 8.84. The van der Waals surface area contributed by atoms with Crippen LogP contribution in [-0.4, -0.2) is 11.7 Å². The average molecular weight is 192 g/mol. The fraction of sp³-hybridized carbons (Fsp3) is 0.538. The van der Waals surface area contributed by atoms with Crippen molar-refractivity contribution < 1.29 is 5.11 Å². The number of rotatable bonds is 3. The third kappa shape index (κ3) is 1.98. The van der Waals surface area contributed by atoms with E-state index in [9.17, 15) is 0 Å². The highest BCUT2D eigenvalue weighted by Crippen LogP contribution is 2.40. The number of aliphatic hydroxyl groups is 1. The summed E-state index contributed by atoms with van der Waals surface area (Å²) in [5, 5.41) is 9.11. The summed E-state index contributed by atoms with van der Waals surface area (Å²) in [7, 11) is 0. The first kappa shape index (κ1) is 11.3. The largest absolute Gasteiger partial charge is 0.392 e. The molecule has 0 aromatic rings. The molecule has 0 aliphatic heterocycles. The summed E-state index contributed by atoms with van der Waals surface area (Å²) in [5.74, 6) is 0. The van der Waals surface area contributed by atoms with Gasteiger partial charge in [0.05, 0.1) is 6.61 Å². The van der Waals surface area contributed by atoms with Crippen molar-refractivity contribution in [3.05, 3.63) is 34.9 Å². The van der Waals surface area contributed by atoms with E-state index in [2.05, 4.69) is 45.9 Å². The van der Waals surface area contributed by atoms with Crippen LogP contribution >= 0.6 is 0 Å². The smallest absolute Gasteiger partial charge is 0.0644 e. The van der Waals surface area contributed by atoms with E-state index in [4.69, 9.17) is 5.11 Å². The molecule has 1 aliphatic carbocycles. The molecule has 14 heavy (non-hydrogen) atoms. The summed E-state index contributed by atoms with van der Waals surface area (Å²) in [5.41, 5.74) is 3.93. The fourth-order valence-corrected chi connectivity index (χ4v) is 1.57. The van der Waals surface area contributed by atoms with Gasteiger partial charge in [-0.25, -0.2) is 0 Å². The Kier molecular flexibility index (Phi) is 3.33. The van der Waals surface area contributed by atoms with E-state index < -0.39 is 0 Å². The molecule has 0 unspecified atom stereocenters. The van der Waals surface area contributed by atoms with Gasteiger partial charge < -0.3 is 5.11 Å². The van der Waals surface area contributed by atoms with Crippen molar-refractivity contribution in [1.82, 2.24) is 0 Å². The predicted molar refractivity (Wildman–Crippen MR) is 61.1 cm³/mol. The molecular formula is C13H20O. The van der Waals surface area contributed by atoms with Crippen molar-refractivity contribution in [3.8, 4) is 0 Å². The van der Waals surface area contributed by atoms with Gasteiger partial charge in [-0.1, -0.05) is 44.6 Å². The van der Waals surface area contributed by atoms with E-state index in [0.717, 1.165) is 12.0 Å². The third-order valence-corrected chi connectivity index (χ3v) is 3.24. The van der Waals surface area contributed by atoms with Gasteiger partial charge in [0.25, 0.3) is 0 Å². The molecule has 1 aliphatic rings. The summed E-state index contributed by atoms with van der Waals surface area (Å²) in [4.78, 5) is 0. The first-order valence-electron chi connectivity index (χ1n) is 5.22. The summed E-state index contributed by atoms with van der Waals surface area (Å²) >= 11 is 0. The second kappa shape index (κ2) is 4.14. The minimum absolute atomic E-state index is 0.135. The van der Waals surface area contributed by atoms with Gasteiger partial charge in [0.1, 0.15) is 0 Å². The van der Waals surface area contributed by atoms with E-state index in [1.165, 1.54) is 11.1 Å². The molecule has 0 aromatic heterocycles. The monoisotopic (exact) mass is 192 g/mol.